The lowest BCUT2D eigenvalue weighted by Crippen LogP contribution is -2.20. The van der Waals surface area contributed by atoms with Crippen molar-refractivity contribution in [2.75, 3.05) is 5.32 Å². The summed E-state index contributed by atoms with van der Waals surface area (Å²) in [4.78, 5) is 12.0. The van der Waals surface area contributed by atoms with Crippen LogP contribution in [0, 0.1) is 10.5 Å². The maximum absolute atomic E-state index is 12.0. The molecule has 1 amide bonds. The minimum atomic E-state index is -0.277. The number of benzene rings is 2. The molecular formula is C16H17IN2O. The second-order valence-corrected chi connectivity index (χ2v) is 5.97. The van der Waals surface area contributed by atoms with Gasteiger partial charge in [-0.15, -0.1) is 0 Å². The van der Waals surface area contributed by atoms with E-state index in [4.69, 9.17) is 5.73 Å². The van der Waals surface area contributed by atoms with E-state index in [0.717, 1.165) is 20.4 Å². The van der Waals surface area contributed by atoms with Crippen molar-refractivity contribution in [1.29, 1.82) is 0 Å². The van der Waals surface area contributed by atoms with E-state index in [1.54, 1.807) is 0 Å². The first kappa shape index (κ1) is 15.0. The van der Waals surface area contributed by atoms with Crippen molar-refractivity contribution in [3.05, 3.63) is 63.2 Å². The molecule has 0 bridgehead atoms. The van der Waals surface area contributed by atoms with Crippen LogP contribution in [0.5, 0.6) is 0 Å². The summed E-state index contributed by atoms with van der Waals surface area (Å²) in [6, 6.07) is 15.3. The fourth-order valence-corrected chi connectivity index (χ4v) is 2.63. The molecule has 0 spiro atoms. The molecule has 3 nitrogen and oxygen atoms in total. The predicted octanol–water partition coefficient (Wildman–Crippen LogP) is 3.63. The Hall–Kier alpha value is -1.40. The van der Waals surface area contributed by atoms with Crippen molar-refractivity contribution in [3.8, 4) is 0 Å². The highest BCUT2D eigenvalue weighted by Crippen LogP contribution is 2.19. The van der Waals surface area contributed by atoms with Gasteiger partial charge < -0.3 is 11.1 Å². The first-order valence-electron chi connectivity index (χ1n) is 6.43. The number of anilines is 1. The van der Waals surface area contributed by atoms with Gasteiger partial charge in [0.2, 0.25) is 5.91 Å². The average molecular weight is 380 g/mol. The lowest BCUT2D eigenvalue weighted by Gasteiger charge is -2.13. The zero-order valence-corrected chi connectivity index (χ0v) is 13.4. The van der Waals surface area contributed by atoms with Crippen LogP contribution in [0.15, 0.2) is 48.5 Å². The van der Waals surface area contributed by atoms with Gasteiger partial charge in [-0.05, 0) is 58.8 Å². The molecule has 0 aliphatic rings. The number of nitrogens with two attached hydrogens (primary N) is 1. The molecule has 4 heteroatoms. The van der Waals surface area contributed by atoms with Crippen LogP contribution in [0.25, 0.3) is 0 Å². The van der Waals surface area contributed by atoms with E-state index >= 15 is 0 Å². The summed E-state index contributed by atoms with van der Waals surface area (Å²) < 4.78 is 1.15. The minimum absolute atomic E-state index is 0.0642. The van der Waals surface area contributed by atoms with Gasteiger partial charge in [0.25, 0.3) is 0 Å². The molecule has 0 saturated carbocycles. The molecule has 1 atom stereocenters. The second kappa shape index (κ2) is 6.85. The first-order valence-corrected chi connectivity index (χ1v) is 7.50. The lowest BCUT2D eigenvalue weighted by atomic mass is 10.0. The van der Waals surface area contributed by atoms with Crippen LogP contribution < -0.4 is 11.1 Å². The van der Waals surface area contributed by atoms with Gasteiger partial charge in [0.15, 0.2) is 0 Å². The normalized spacial score (nSPS) is 11.9. The SMILES string of the molecule is Cc1cc(I)ccc1NC(=O)CC(N)c1ccccc1. The Bertz CT molecular complexity index is 599. The van der Waals surface area contributed by atoms with E-state index < -0.39 is 0 Å². The van der Waals surface area contributed by atoms with Crippen molar-refractivity contribution >= 4 is 34.2 Å². The minimum Gasteiger partial charge on any atom is -0.326 e. The molecule has 0 aromatic heterocycles. The number of nitrogens with one attached hydrogen (secondary N) is 1. The largest absolute Gasteiger partial charge is 0.326 e. The highest BCUT2D eigenvalue weighted by Gasteiger charge is 2.12. The van der Waals surface area contributed by atoms with Gasteiger partial charge in [-0.25, -0.2) is 0 Å². The Morgan fingerprint density at radius 1 is 1.25 bits per heavy atom. The summed E-state index contributed by atoms with van der Waals surface area (Å²) in [6.45, 7) is 1.98. The molecule has 3 N–H and O–H groups in total. The van der Waals surface area contributed by atoms with Crippen molar-refractivity contribution in [1.82, 2.24) is 0 Å². The maximum atomic E-state index is 12.0. The smallest absolute Gasteiger partial charge is 0.226 e. The molecule has 0 heterocycles. The molecule has 2 rings (SSSR count). The van der Waals surface area contributed by atoms with E-state index in [0.29, 0.717) is 0 Å². The van der Waals surface area contributed by atoms with Gasteiger partial charge >= 0.3 is 0 Å². The van der Waals surface area contributed by atoms with Crippen molar-refractivity contribution in [2.45, 2.75) is 19.4 Å². The van der Waals surface area contributed by atoms with Crippen LogP contribution in [0.4, 0.5) is 5.69 Å². The molecule has 104 valence electrons. The Balaban J connectivity index is 1.99. The monoisotopic (exact) mass is 380 g/mol. The van der Waals surface area contributed by atoms with Crippen LogP contribution in [0.3, 0.4) is 0 Å². The number of halogens is 1. The highest BCUT2D eigenvalue weighted by atomic mass is 127. The molecule has 2 aromatic carbocycles. The molecule has 20 heavy (non-hydrogen) atoms. The number of aryl methyl sites for hydroxylation is 1. The molecule has 2 aromatic rings. The van der Waals surface area contributed by atoms with Crippen LogP contribution in [-0.4, -0.2) is 5.91 Å². The second-order valence-electron chi connectivity index (χ2n) is 4.73. The Morgan fingerprint density at radius 2 is 1.95 bits per heavy atom. The molecule has 0 aliphatic carbocycles. The summed E-state index contributed by atoms with van der Waals surface area (Å²) in [5.74, 6) is -0.0642. The van der Waals surface area contributed by atoms with E-state index in [-0.39, 0.29) is 18.4 Å². The summed E-state index contributed by atoms with van der Waals surface area (Å²) in [5.41, 5.74) is 8.92. The average Bonchev–Trinajstić information content (AvgIpc) is 2.43. The zero-order chi connectivity index (χ0) is 14.5. The maximum Gasteiger partial charge on any atom is 0.226 e. The van der Waals surface area contributed by atoms with Gasteiger partial charge in [-0.1, -0.05) is 30.3 Å². The zero-order valence-electron chi connectivity index (χ0n) is 11.3. The number of amides is 1. The fraction of sp³-hybridized carbons (Fsp3) is 0.188. The highest BCUT2D eigenvalue weighted by molar-refractivity contribution is 14.1. The van der Waals surface area contributed by atoms with Crippen LogP contribution in [0.2, 0.25) is 0 Å². The number of carbonyl (C=O) groups is 1. The quantitative estimate of drug-likeness (QED) is 0.796. The van der Waals surface area contributed by atoms with Gasteiger partial charge in [-0.2, -0.15) is 0 Å². The van der Waals surface area contributed by atoms with Gasteiger partial charge in [-0.3, -0.25) is 4.79 Å². The van der Waals surface area contributed by atoms with Gasteiger partial charge in [0, 0.05) is 21.7 Å². The number of hydrogen-bond acceptors (Lipinski definition) is 2. The van der Waals surface area contributed by atoms with E-state index in [2.05, 4.69) is 27.9 Å². The van der Waals surface area contributed by atoms with Gasteiger partial charge in [0.1, 0.15) is 0 Å². The summed E-state index contributed by atoms with van der Waals surface area (Å²) in [7, 11) is 0. The first-order chi connectivity index (χ1) is 9.56. The van der Waals surface area contributed by atoms with E-state index in [9.17, 15) is 4.79 Å². The lowest BCUT2D eigenvalue weighted by molar-refractivity contribution is -0.116. The third-order valence-corrected chi connectivity index (χ3v) is 3.77. The van der Waals surface area contributed by atoms with E-state index in [1.807, 2.05) is 55.5 Å². The topological polar surface area (TPSA) is 55.1 Å². The number of carbonyl (C=O) groups excluding carboxylic acids is 1. The van der Waals surface area contributed by atoms with Crippen LogP contribution in [-0.2, 0) is 4.79 Å². The molecule has 0 fully saturated rings. The summed E-state index contributed by atoms with van der Waals surface area (Å²) in [5, 5.41) is 2.92. The number of rotatable bonds is 4. The summed E-state index contributed by atoms with van der Waals surface area (Å²) >= 11 is 2.25. The Kier molecular flexibility index (Phi) is 5.14. The van der Waals surface area contributed by atoms with Crippen molar-refractivity contribution in [3.63, 3.8) is 0 Å². The van der Waals surface area contributed by atoms with Crippen molar-refractivity contribution < 1.29 is 4.79 Å². The molecule has 0 radical (unpaired) electrons. The van der Waals surface area contributed by atoms with Crippen LogP contribution >= 0.6 is 22.6 Å². The third-order valence-electron chi connectivity index (χ3n) is 3.10. The predicted molar refractivity (Wildman–Crippen MR) is 90.5 cm³/mol. The molecule has 0 saturated heterocycles. The molecule has 0 aliphatic heterocycles. The van der Waals surface area contributed by atoms with E-state index in [1.165, 1.54) is 0 Å². The molecular weight excluding hydrogens is 363 g/mol. The molecule has 1 unspecified atom stereocenters. The Morgan fingerprint density at radius 3 is 2.60 bits per heavy atom. The fourth-order valence-electron chi connectivity index (χ4n) is 1.99. The Labute approximate surface area is 132 Å². The van der Waals surface area contributed by atoms with Crippen LogP contribution in [0.1, 0.15) is 23.6 Å². The van der Waals surface area contributed by atoms with Gasteiger partial charge in [0.05, 0.1) is 0 Å². The van der Waals surface area contributed by atoms with Crippen molar-refractivity contribution in [2.24, 2.45) is 5.73 Å². The standard InChI is InChI=1S/C16H17IN2O/c1-11-9-13(17)7-8-15(11)19-16(20)10-14(18)12-5-3-2-4-6-12/h2-9,14H,10,18H2,1H3,(H,19,20). The number of hydrogen-bond donors (Lipinski definition) is 2. The summed E-state index contributed by atoms with van der Waals surface area (Å²) in [6.07, 6.45) is 0.273. The third kappa shape index (κ3) is 4.05.